The Bertz CT molecular complexity index is 1110. The van der Waals surface area contributed by atoms with Gasteiger partial charge in [-0.15, -0.1) is 0 Å². The van der Waals surface area contributed by atoms with E-state index in [-0.39, 0.29) is 23.1 Å². The monoisotopic (exact) mass is 443 g/mol. The van der Waals surface area contributed by atoms with Crippen LogP contribution in [0.15, 0.2) is 52.4 Å². The number of carbonyl (C=O) groups is 1. The highest BCUT2D eigenvalue weighted by Gasteiger charge is 2.14. The lowest BCUT2D eigenvalue weighted by Crippen LogP contribution is -2.29. The summed E-state index contributed by atoms with van der Waals surface area (Å²) in [6, 6.07) is 13.3. The fraction of sp³-hybridized carbons (Fsp3) is 0.348. The fourth-order valence-corrected chi connectivity index (χ4v) is 4.23. The third-order valence-electron chi connectivity index (χ3n) is 4.74. The standard InChI is InChI=1S/C23H26ClN3O2S/c1-15(2)13-27-22(29)19-12-18(24)8-9-20(19)26-23(27)30-14-21(28)25-11-10-17-7-5-4-6-16(17)3/h4-9,12,15H,10-11,13-14H2,1-3H3,(H,25,28). The Balaban J connectivity index is 1.69. The van der Waals surface area contributed by atoms with Crippen molar-refractivity contribution in [1.29, 1.82) is 0 Å². The van der Waals surface area contributed by atoms with Crippen LogP contribution in [0.4, 0.5) is 0 Å². The Hall–Kier alpha value is -2.31. The van der Waals surface area contributed by atoms with Gasteiger partial charge in [0.2, 0.25) is 5.91 Å². The molecular formula is C23H26ClN3O2S. The molecule has 158 valence electrons. The minimum absolute atomic E-state index is 0.0740. The number of nitrogens with zero attached hydrogens (tertiary/aromatic N) is 2. The maximum absolute atomic E-state index is 13.0. The fourth-order valence-electron chi connectivity index (χ4n) is 3.22. The number of carbonyl (C=O) groups excluding carboxylic acids is 1. The minimum Gasteiger partial charge on any atom is -0.355 e. The van der Waals surface area contributed by atoms with Crippen LogP contribution >= 0.6 is 23.4 Å². The molecule has 3 rings (SSSR count). The highest BCUT2D eigenvalue weighted by Crippen LogP contribution is 2.21. The highest BCUT2D eigenvalue weighted by atomic mass is 35.5. The van der Waals surface area contributed by atoms with E-state index in [1.54, 1.807) is 22.8 Å². The zero-order valence-electron chi connectivity index (χ0n) is 17.4. The number of amides is 1. The van der Waals surface area contributed by atoms with Crippen molar-refractivity contribution in [2.45, 2.75) is 38.9 Å². The van der Waals surface area contributed by atoms with Crippen LogP contribution in [0.5, 0.6) is 0 Å². The number of halogens is 1. The largest absolute Gasteiger partial charge is 0.355 e. The lowest BCUT2D eigenvalue weighted by Gasteiger charge is -2.15. The number of hydrogen-bond acceptors (Lipinski definition) is 4. The van der Waals surface area contributed by atoms with Crippen LogP contribution in [0.1, 0.15) is 25.0 Å². The molecule has 1 heterocycles. The molecule has 0 radical (unpaired) electrons. The summed E-state index contributed by atoms with van der Waals surface area (Å²) in [7, 11) is 0. The molecule has 0 bridgehead atoms. The predicted octanol–water partition coefficient (Wildman–Crippen LogP) is 4.47. The van der Waals surface area contributed by atoms with Gasteiger partial charge in [-0.25, -0.2) is 4.98 Å². The molecule has 0 aliphatic rings. The lowest BCUT2D eigenvalue weighted by atomic mass is 10.1. The van der Waals surface area contributed by atoms with E-state index in [0.717, 1.165) is 6.42 Å². The van der Waals surface area contributed by atoms with Gasteiger partial charge in [-0.05, 0) is 48.6 Å². The minimum atomic E-state index is -0.126. The first-order valence-corrected chi connectivity index (χ1v) is 11.4. The van der Waals surface area contributed by atoms with Crippen LogP contribution in [0.25, 0.3) is 10.9 Å². The average molecular weight is 444 g/mol. The number of nitrogens with one attached hydrogen (secondary N) is 1. The van der Waals surface area contributed by atoms with Crippen LogP contribution < -0.4 is 10.9 Å². The van der Waals surface area contributed by atoms with E-state index in [4.69, 9.17) is 11.6 Å². The summed E-state index contributed by atoms with van der Waals surface area (Å²) in [6.45, 7) is 7.26. The Kier molecular flexibility index (Phi) is 7.56. The molecule has 7 heteroatoms. The van der Waals surface area contributed by atoms with Gasteiger partial charge >= 0.3 is 0 Å². The van der Waals surface area contributed by atoms with Crippen molar-refractivity contribution in [3.63, 3.8) is 0 Å². The summed E-state index contributed by atoms with van der Waals surface area (Å²) < 4.78 is 1.65. The molecule has 30 heavy (non-hydrogen) atoms. The summed E-state index contributed by atoms with van der Waals surface area (Å²) in [6.07, 6.45) is 0.788. The van der Waals surface area contributed by atoms with Gasteiger partial charge in [0.15, 0.2) is 5.16 Å². The third kappa shape index (κ3) is 5.64. The van der Waals surface area contributed by atoms with Gasteiger partial charge in [-0.1, -0.05) is 61.5 Å². The van der Waals surface area contributed by atoms with Crippen molar-refractivity contribution in [2.75, 3.05) is 12.3 Å². The summed E-state index contributed by atoms with van der Waals surface area (Å²) >= 11 is 7.35. The Morgan fingerprint density at radius 1 is 1.23 bits per heavy atom. The second kappa shape index (κ2) is 10.1. The van der Waals surface area contributed by atoms with Gasteiger partial charge in [0.1, 0.15) is 0 Å². The van der Waals surface area contributed by atoms with Crippen molar-refractivity contribution >= 4 is 40.2 Å². The van der Waals surface area contributed by atoms with E-state index in [2.05, 4.69) is 29.4 Å². The molecule has 3 aromatic rings. The van der Waals surface area contributed by atoms with Crippen LogP contribution in [0.3, 0.4) is 0 Å². The summed E-state index contributed by atoms with van der Waals surface area (Å²) in [5.41, 5.74) is 2.91. The van der Waals surface area contributed by atoms with Crippen molar-refractivity contribution in [3.05, 3.63) is 69.0 Å². The molecule has 1 aromatic heterocycles. The number of hydrogen-bond donors (Lipinski definition) is 1. The quantitative estimate of drug-likeness (QED) is 0.412. The summed E-state index contributed by atoms with van der Waals surface area (Å²) in [4.78, 5) is 30.0. The zero-order valence-corrected chi connectivity index (χ0v) is 19.0. The highest BCUT2D eigenvalue weighted by molar-refractivity contribution is 7.99. The van der Waals surface area contributed by atoms with Gasteiger partial charge in [0, 0.05) is 18.1 Å². The molecule has 0 unspecified atom stereocenters. The molecule has 0 saturated heterocycles. The number of aryl methyl sites for hydroxylation is 1. The Morgan fingerprint density at radius 2 is 2.00 bits per heavy atom. The van der Waals surface area contributed by atoms with Gasteiger partial charge in [0.05, 0.1) is 16.7 Å². The molecule has 0 atom stereocenters. The molecule has 0 fully saturated rings. The molecule has 0 saturated carbocycles. The Morgan fingerprint density at radius 3 is 2.73 bits per heavy atom. The number of thioether (sulfide) groups is 1. The van der Waals surface area contributed by atoms with Crippen molar-refractivity contribution in [2.24, 2.45) is 5.92 Å². The van der Waals surface area contributed by atoms with E-state index >= 15 is 0 Å². The van der Waals surface area contributed by atoms with Crippen LogP contribution in [0.2, 0.25) is 5.02 Å². The Labute approximate surface area is 185 Å². The average Bonchev–Trinajstić information content (AvgIpc) is 2.70. The van der Waals surface area contributed by atoms with Gasteiger partial charge in [-0.3, -0.25) is 14.2 Å². The zero-order chi connectivity index (χ0) is 21.7. The molecule has 5 nitrogen and oxygen atoms in total. The summed E-state index contributed by atoms with van der Waals surface area (Å²) in [5, 5.41) is 4.51. The SMILES string of the molecule is Cc1ccccc1CCNC(=O)CSc1nc2ccc(Cl)cc2c(=O)n1CC(C)C. The van der Waals surface area contributed by atoms with Gasteiger partial charge < -0.3 is 5.32 Å². The number of rotatable bonds is 8. The molecule has 0 spiro atoms. The molecular weight excluding hydrogens is 418 g/mol. The van der Waals surface area contributed by atoms with Gasteiger partial charge in [-0.2, -0.15) is 0 Å². The van der Waals surface area contributed by atoms with E-state index in [9.17, 15) is 9.59 Å². The molecule has 1 N–H and O–H groups in total. The number of fused-ring (bicyclic) bond motifs is 1. The van der Waals surface area contributed by atoms with E-state index in [1.807, 2.05) is 26.0 Å². The molecule has 2 aromatic carbocycles. The molecule has 0 aliphatic carbocycles. The lowest BCUT2D eigenvalue weighted by molar-refractivity contribution is -0.118. The molecule has 1 amide bonds. The third-order valence-corrected chi connectivity index (χ3v) is 5.95. The second-order valence-electron chi connectivity index (χ2n) is 7.68. The number of benzene rings is 2. The van der Waals surface area contributed by atoms with E-state index in [1.165, 1.54) is 22.9 Å². The first kappa shape index (κ1) is 22.4. The van der Waals surface area contributed by atoms with Crippen molar-refractivity contribution in [1.82, 2.24) is 14.9 Å². The normalized spacial score (nSPS) is 11.2. The van der Waals surface area contributed by atoms with Gasteiger partial charge in [0.25, 0.3) is 5.56 Å². The molecule has 0 aliphatic heterocycles. The summed E-state index contributed by atoms with van der Waals surface area (Å²) in [5.74, 6) is 0.399. The van der Waals surface area contributed by atoms with Crippen molar-refractivity contribution < 1.29 is 4.79 Å². The van der Waals surface area contributed by atoms with Crippen molar-refractivity contribution in [3.8, 4) is 0 Å². The topological polar surface area (TPSA) is 64.0 Å². The second-order valence-corrected chi connectivity index (χ2v) is 9.06. The van der Waals surface area contributed by atoms with Crippen LogP contribution in [-0.4, -0.2) is 27.8 Å². The van der Waals surface area contributed by atoms with E-state index < -0.39 is 0 Å². The van der Waals surface area contributed by atoms with E-state index in [0.29, 0.717) is 34.2 Å². The van der Waals surface area contributed by atoms with Crippen LogP contribution in [-0.2, 0) is 17.8 Å². The predicted molar refractivity (Wildman–Crippen MR) is 124 cm³/mol. The first-order valence-electron chi connectivity index (χ1n) is 9.99. The first-order chi connectivity index (χ1) is 14.3. The number of aromatic nitrogens is 2. The smallest absolute Gasteiger partial charge is 0.262 e. The maximum Gasteiger partial charge on any atom is 0.262 e. The maximum atomic E-state index is 13.0. The van der Waals surface area contributed by atoms with Crippen LogP contribution in [0, 0.1) is 12.8 Å².